The smallest absolute Gasteiger partial charge is 0.123 e. The van der Waals surface area contributed by atoms with E-state index >= 15 is 0 Å². The van der Waals surface area contributed by atoms with Crippen molar-refractivity contribution in [3.63, 3.8) is 0 Å². The molecule has 100 valence electrons. The molecule has 0 aromatic heterocycles. The zero-order chi connectivity index (χ0) is 13.0. The van der Waals surface area contributed by atoms with E-state index in [0.29, 0.717) is 0 Å². The van der Waals surface area contributed by atoms with E-state index in [9.17, 15) is 4.39 Å². The summed E-state index contributed by atoms with van der Waals surface area (Å²) in [6, 6.07) is 5.19. The van der Waals surface area contributed by atoms with Gasteiger partial charge in [-0.05, 0) is 62.4 Å². The summed E-state index contributed by atoms with van der Waals surface area (Å²) >= 11 is 0. The third-order valence-corrected chi connectivity index (χ3v) is 4.34. The van der Waals surface area contributed by atoms with Crippen LogP contribution in [0.15, 0.2) is 18.2 Å². The number of halogens is 1. The molecule has 0 amide bonds. The first-order chi connectivity index (χ1) is 8.65. The molecule has 0 saturated carbocycles. The highest BCUT2D eigenvalue weighted by Gasteiger charge is 2.29. The SMILES string of the molecule is CCC1(Cc2ccc(F)cc2C)CCCCCN1. The van der Waals surface area contributed by atoms with Crippen LogP contribution >= 0.6 is 0 Å². The minimum absolute atomic E-state index is 0.129. The molecular formula is C16H24FN. The summed E-state index contributed by atoms with van der Waals surface area (Å²) in [4.78, 5) is 0. The average Bonchev–Trinajstić information content (AvgIpc) is 2.59. The Morgan fingerprint density at radius 3 is 2.83 bits per heavy atom. The van der Waals surface area contributed by atoms with Gasteiger partial charge in [0.2, 0.25) is 0 Å². The van der Waals surface area contributed by atoms with Crippen LogP contribution in [-0.2, 0) is 6.42 Å². The van der Waals surface area contributed by atoms with Gasteiger partial charge >= 0.3 is 0 Å². The van der Waals surface area contributed by atoms with Crippen LogP contribution in [0, 0.1) is 12.7 Å². The molecule has 1 heterocycles. The van der Waals surface area contributed by atoms with Crippen LogP contribution in [-0.4, -0.2) is 12.1 Å². The van der Waals surface area contributed by atoms with E-state index in [0.717, 1.165) is 24.9 Å². The summed E-state index contributed by atoms with van der Waals surface area (Å²) < 4.78 is 13.2. The maximum atomic E-state index is 13.2. The van der Waals surface area contributed by atoms with Crippen LogP contribution < -0.4 is 5.32 Å². The van der Waals surface area contributed by atoms with Crippen LogP contribution in [0.25, 0.3) is 0 Å². The standard InChI is InChI=1S/C16H24FN/c1-3-16(9-5-4-6-10-18-16)12-14-7-8-15(17)11-13(14)2/h7-8,11,18H,3-6,9-10,12H2,1-2H3. The largest absolute Gasteiger partial charge is 0.311 e. The Hall–Kier alpha value is -0.890. The second-order valence-electron chi connectivity index (χ2n) is 5.62. The molecule has 1 aromatic rings. The second kappa shape index (κ2) is 5.83. The van der Waals surface area contributed by atoms with Crippen molar-refractivity contribution in [3.05, 3.63) is 35.1 Å². The summed E-state index contributed by atoms with van der Waals surface area (Å²) in [6.07, 6.45) is 7.32. The molecule has 1 aliphatic rings. The molecule has 1 aromatic carbocycles. The molecule has 1 unspecified atom stereocenters. The van der Waals surface area contributed by atoms with Crippen molar-refractivity contribution in [2.24, 2.45) is 0 Å². The number of hydrogen-bond acceptors (Lipinski definition) is 1. The zero-order valence-corrected chi connectivity index (χ0v) is 11.6. The van der Waals surface area contributed by atoms with Crippen molar-refractivity contribution in [1.29, 1.82) is 0 Å². The Bertz CT molecular complexity index is 392. The van der Waals surface area contributed by atoms with Crippen molar-refractivity contribution in [1.82, 2.24) is 5.32 Å². The molecule has 0 spiro atoms. The monoisotopic (exact) mass is 249 g/mol. The quantitative estimate of drug-likeness (QED) is 0.854. The number of rotatable bonds is 3. The Morgan fingerprint density at radius 2 is 2.11 bits per heavy atom. The molecule has 0 aliphatic carbocycles. The fourth-order valence-electron chi connectivity index (χ4n) is 3.01. The van der Waals surface area contributed by atoms with Gasteiger partial charge in [-0.25, -0.2) is 4.39 Å². The van der Waals surface area contributed by atoms with Crippen LogP contribution in [0.1, 0.15) is 50.2 Å². The van der Waals surface area contributed by atoms with Crippen LogP contribution in [0.4, 0.5) is 4.39 Å². The van der Waals surface area contributed by atoms with Crippen molar-refractivity contribution in [2.75, 3.05) is 6.54 Å². The first-order valence-electron chi connectivity index (χ1n) is 7.15. The lowest BCUT2D eigenvalue weighted by Gasteiger charge is -2.33. The first kappa shape index (κ1) is 13.5. The van der Waals surface area contributed by atoms with Crippen molar-refractivity contribution >= 4 is 0 Å². The normalized spacial score (nSPS) is 24.8. The molecule has 18 heavy (non-hydrogen) atoms. The molecular weight excluding hydrogens is 225 g/mol. The van der Waals surface area contributed by atoms with Crippen molar-refractivity contribution in [2.45, 2.75) is 57.9 Å². The first-order valence-corrected chi connectivity index (χ1v) is 7.15. The summed E-state index contributed by atoms with van der Waals surface area (Å²) in [5.74, 6) is -0.129. The number of nitrogens with one attached hydrogen (secondary N) is 1. The summed E-state index contributed by atoms with van der Waals surface area (Å²) in [6.45, 7) is 5.39. The molecule has 1 N–H and O–H groups in total. The van der Waals surface area contributed by atoms with E-state index in [1.807, 2.05) is 13.0 Å². The number of benzene rings is 1. The van der Waals surface area contributed by atoms with Gasteiger partial charge in [0, 0.05) is 5.54 Å². The molecule has 0 radical (unpaired) electrons. The average molecular weight is 249 g/mol. The van der Waals surface area contributed by atoms with Crippen molar-refractivity contribution in [3.8, 4) is 0 Å². The molecule has 0 bridgehead atoms. The number of aryl methyl sites for hydroxylation is 1. The van der Waals surface area contributed by atoms with Gasteiger partial charge in [0.15, 0.2) is 0 Å². The van der Waals surface area contributed by atoms with Crippen molar-refractivity contribution < 1.29 is 4.39 Å². The zero-order valence-electron chi connectivity index (χ0n) is 11.6. The van der Waals surface area contributed by atoms with Crippen LogP contribution in [0.2, 0.25) is 0 Å². The highest BCUT2D eigenvalue weighted by atomic mass is 19.1. The molecule has 1 saturated heterocycles. The van der Waals surface area contributed by atoms with E-state index in [1.54, 1.807) is 12.1 Å². The molecule has 2 rings (SSSR count). The second-order valence-corrected chi connectivity index (χ2v) is 5.62. The molecule has 1 aliphatic heterocycles. The van der Waals surface area contributed by atoms with Crippen LogP contribution in [0.3, 0.4) is 0 Å². The minimum Gasteiger partial charge on any atom is -0.311 e. The van der Waals surface area contributed by atoms with E-state index in [2.05, 4.69) is 12.2 Å². The Labute approximate surface area is 110 Å². The molecule has 1 fully saturated rings. The van der Waals surface area contributed by atoms with E-state index in [4.69, 9.17) is 0 Å². The predicted molar refractivity (Wildman–Crippen MR) is 74.3 cm³/mol. The Balaban J connectivity index is 2.18. The predicted octanol–water partition coefficient (Wildman–Crippen LogP) is 3.99. The lowest BCUT2D eigenvalue weighted by Crippen LogP contribution is -2.46. The van der Waals surface area contributed by atoms with Gasteiger partial charge in [-0.1, -0.05) is 25.8 Å². The van der Waals surface area contributed by atoms with Crippen LogP contribution in [0.5, 0.6) is 0 Å². The topological polar surface area (TPSA) is 12.0 Å². The van der Waals surface area contributed by atoms with Gasteiger partial charge < -0.3 is 5.32 Å². The van der Waals surface area contributed by atoms with Gasteiger partial charge in [0.05, 0.1) is 0 Å². The van der Waals surface area contributed by atoms with Gasteiger partial charge in [-0.2, -0.15) is 0 Å². The molecule has 2 heteroatoms. The number of hydrogen-bond donors (Lipinski definition) is 1. The fraction of sp³-hybridized carbons (Fsp3) is 0.625. The van der Waals surface area contributed by atoms with Gasteiger partial charge in [-0.3, -0.25) is 0 Å². The van der Waals surface area contributed by atoms with Gasteiger partial charge in [0.1, 0.15) is 5.82 Å². The maximum absolute atomic E-state index is 13.2. The molecule has 1 nitrogen and oxygen atoms in total. The van der Waals surface area contributed by atoms with Gasteiger partial charge in [-0.15, -0.1) is 0 Å². The summed E-state index contributed by atoms with van der Waals surface area (Å²) in [7, 11) is 0. The van der Waals surface area contributed by atoms with E-state index < -0.39 is 0 Å². The lowest BCUT2D eigenvalue weighted by molar-refractivity contribution is 0.301. The van der Waals surface area contributed by atoms with E-state index in [-0.39, 0.29) is 11.4 Å². The summed E-state index contributed by atoms with van der Waals surface area (Å²) in [5, 5.41) is 3.74. The maximum Gasteiger partial charge on any atom is 0.123 e. The van der Waals surface area contributed by atoms with E-state index in [1.165, 1.54) is 31.2 Å². The van der Waals surface area contributed by atoms with Gasteiger partial charge in [0.25, 0.3) is 0 Å². The Kier molecular flexibility index (Phi) is 4.39. The third-order valence-electron chi connectivity index (χ3n) is 4.34. The Morgan fingerprint density at radius 1 is 1.28 bits per heavy atom. The molecule has 1 atom stereocenters. The third kappa shape index (κ3) is 3.11. The lowest BCUT2D eigenvalue weighted by atomic mass is 9.83. The highest BCUT2D eigenvalue weighted by molar-refractivity contribution is 5.28. The fourth-order valence-corrected chi connectivity index (χ4v) is 3.01. The minimum atomic E-state index is -0.129. The summed E-state index contributed by atoms with van der Waals surface area (Å²) in [5.41, 5.74) is 2.58. The highest BCUT2D eigenvalue weighted by Crippen LogP contribution is 2.28.